The van der Waals surface area contributed by atoms with Crippen molar-refractivity contribution < 1.29 is 19.1 Å². The molecule has 0 aliphatic heterocycles. The fourth-order valence-electron chi connectivity index (χ4n) is 1.45. The average molecular weight is 270 g/mol. The Hall–Kier alpha value is -1.59. The van der Waals surface area contributed by atoms with Crippen LogP contribution in [0.4, 0.5) is 4.79 Å². The molecule has 108 valence electrons. The lowest BCUT2D eigenvalue weighted by Gasteiger charge is -2.22. The lowest BCUT2D eigenvalue weighted by atomic mass is 10.1. The number of carbonyl (C=O) groups is 3. The molecule has 2 N–H and O–H groups in total. The molecule has 0 aromatic carbocycles. The summed E-state index contributed by atoms with van der Waals surface area (Å²) in [5.41, 5.74) is -0.637. The molecule has 6 nitrogen and oxygen atoms in total. The van der Waals surface area contributed by atoms with Gasteiger partial charge in [0.05, 0.1) is 0 Å². The second-order valence-electron chi connectivity index (χ2n) is 5.72. The van der Waals surface area contributed by atoms with Crippen molar-refractivity contribution in [1.29, 1.82) is 0 Å². The Morgan fingerprint density at radius 3 is 2.26 bits per heavy atom. The SMILES string of the molecule is CC[C@H](NC(=O)OC(C)(C)C)C(=O)C(=O)NC1CC1. The summed E-state index contributed by atoms with van der Waals surface area (Å²) in [4.78, 5) is 35.0. The van der Waals surface area contributed by atoms with E-state index in [-0.39, 0.29) is 6.04 Å². The molecule has 0 spiro atoms. The number of carbonyl (C=O) groups excluding carboxylic acids is 3. The third-order valence-electron chi connectivity index (χ3n) is 2.55. The Balaban J connectivity index is 2.49. The van der Waals surface area contributed by atoms with Crippen LogP contribution in [0.2, 0.25) is 0 Å². The van der Waals surface area contributed by atoms with Crippen molar-refractivity contribution >= 4 is 17.8 Å². The minimum Gasteiger partial charge on any atom is -0.444 e. The molecular weight excluding hydrogens is 248 g/mol. The molecule has 1 atom stereocenters. The molecule has 6 heteroatoms. The normalized spacial score (nSPS) is 16.4. The van der Waals surface area contributed by atoms with Crippen LogP contribution in [0.5, 0.6) is 0 Å². The number of ether oxygens (including phenoxy) is 1. The number of alkyl carbamates (subject to hydrolysis) is 1. The van der Waals surface area contributed by atoms with Crippen LogP contribution in [0.3, 0.4) is 0 Å². The Bertz CT molecular complexity index is 369. The van der Waals surface area contributed by atoms with Gasteiger partial charge in [-0.3, -0.25) is 9.59 Å². The van der Waals surface area contributed by atoms with Crippen LogP contribution in [-0.2, 0) is 14.3 Å². The van der Waals surface area contributed by atoms with Gasteiger partial charge in [0.2, 0.25) is 5.78 Å². The Morgan fingerprint density at radius 2 is 1.84 bits per heavy atom. The summed E-state index contributed by atoms with van der Waals surface area (Å²) in [5, 5.41) is 5.04. The zero-order valence-electron chi connectivity index (χ0n) is 11.9. The van der Waals surface area contributed by atoms with Crippen LogP contribution in [0, 0.1) is 0 Å². The zero-order valence-corrected chi connectivity index (χ0v) is 11.9. The van der Waals surface area contributed by atoms with Crippen LogP contribution >= 0.6 is 0 Å². The predicted octanol–water partition coefficient (Wildman–Crippen LogP) is 1.14. The minimum absolute atomic E-state index is 0.121. The highest BCUT2D eigenvalue weighted by atomic mass is 16.6. The van der Waals surface area contributed by atoms with E-state index in [0.717, 1.165) is 12.8 Å². The van der Waals surface area contributed by atoms with Gasteiger partial charge in [0.1, 0.15) is 11.6 Å². The van der Waals surface area contributed by atoms with Gasteiger partial charge in [0.25, 0.3) is 5.91 Å². The molecule has 0 aromatic rings. The molecule has 0 unspecified atom stereocenters. The molecule has 1 rings (SSSR count). The highest BCUT2D eigenvalue weighted by Crippen LogP contribution is 2.18. The molecule has 0 bridgehead atoms. The summed E-state index contributed by atoms with van der Waals surface area (Å²) >= 11 is 0. The van der Waals surface area contributed by atoms with Crippen LogP contribution in [0.1, 0.15) is 47.0 Å². The molecule has 1 fully saturated rings. The van der Waals surface area contributed by atoms with E-state index in [1.54, 1.807) is 27.7 Å². The molecule has 19 heavy (non-hydrogen) atoms. The topological polar surface area (TPSA) is 84.5 Å². The van der Waals surface area contributed by atoms with E-state index in [9.17, 15) is 14.4 Å². The number of rotatable bonds is 5. The summed E-state index contributed by atoms with van der Waals surface area (Å²) in [6.07, 6.45) is 1.48. The maximum atomic E-state index is 11.9. The summed E-state index contributed by atoms with van der Waals surface area (Å²) in [6, 6.07) is -0.718. The third kappa shape index (κ3) is 5.72. The summed E-state index contributed by atoms with van der Waals surface area (Å²) < 4.78 is 5.06. The van der Waals surface area contributed by atoms with Crippen molar-refractivity contribution in [2.45, 2.75) is 64.6 Å². The van der Waals surface area contributed by atoms with Crippen molar-refractivity contribution in [3.8, 4) is 0 Å². The van der Waals surface area contributed by atoms with Gasteiger partial charge in [0, 0.05) is 6.04 Å². The first kappa shape index (κ1) is 15.5. The number of ketones is 1. The lowest BCUT2D eigenvalue weighted by Crippen LogP contribution is -2.48. The number of nitrogens with one attached hydrogen (secondary N) is 2. The highest BCUT2D eigenvalue weighted by Gasteiger charge is 2.31. The maximum Gasteiger partial charge on any atom is 0.408 e. The average Bonchev–Trinajstić information content (AvgIpc) is 3.06. The standard InChI is InChI=1S/C13H22N2O4/c1-5-9(15-12(18)19-13(2,3)4)10(16)11(17)14-8-6-7-8/h8-9H,5-7H2,1-4H3,(H,14,17)(H,15,18)/t9-/m0/s1. The van der Waals surface area contributed by atoms with Crippen LogP contribution in [0.25, 0.3) is 0 Å². The molecular formula is C13H22N2O4. The first-order chi connectivity index (χ1) is 8.73. The molecule has 1 saturated carbocycles. The molecule has 0 heterocycles. The van der Waals surface area contributed by atoms with Gasteiger partial charge in [-0.05, 0) is 40.0 Å². The summed E-state index contributed by atoms with van der Waals surface area (Å²) in [6.45, 7) is 6.92. The fraction of sp³-hybridized carbons (Fsp3) is 0.769. The van der Waals surface area contributed by atoms with Crippen LogP contribution in [0.15, 0.2) is 0 Å². The van der Waals surface area contributed by atoms with Gasteiger partial charge in [-0.1, -0.05) is 6.92 Å². The fourth-order valence-corrected chi connectivity index (χ4v) is 1.45. The van der Waals surface area contributed by atoms with E-state index in [0.29, 0.717) is 6.42 Å². The molecule has 0 saturated heterocycles. The van der Waals surface area contributed by atoms with E-state index in [4.69, 9.17) is 4.74 Å². The Kier molecular flexibility index (Phi) is 4.91. The lowest BCUT2D eigenvalue weighted by molar-refractivity contribution is -0.139. The number of amides is 2. The van der Waals surface area contributed by atoms with Crippen molar-refractivity contribution in [2.75, 3.05) is 0 Å². The van der Waals surface area contributed by atoms with Crippen LogP contribution < -0.4 is 10.6 Å². The Labute approximate surface area is 113 Å². The summed E-state index contributed by atoms with van der Waals surface area (Å²) in [5.74, 6) is -1.26. The molecule has 1 aliphatic carbocycles. The van der Waals surface area contributed by atoms with Gasteiger partial charge in [-0.25, -0.2) is 4.79 Å². The van der Waals surface area contributed by atoms with Gasteiger partial charge < -0.3 is 15.4 Å². The quantitative estimate of drug-likeness (QED) is 0.734. The largest absolute Gasteiger partial charge is 0.444 e. The molecule has 1 aliphatic rings. The summed E-state index contributed by atoms with van der Waals surface area (Å²) in [7, 11) is 0. The van der Waals surface area contributed by atoms with Crippen molar-refractivity contribution in [2.24, 2.45) is 0 Å². The smallest absolute Gasteiger partial charge is 0.408 e. The third-order valence-corrected chi connectivity index (χ3v) is 2.55. The van der Waals surface area contributed by atoms with Gasteiger partial charge in [-0.15, -0.1) is 0 Å². The molecule has 0 radical (unpaired) electrons. The van der Waals surface area contributed by atoms with Gasteiger partial charge in [0.15, 0.2) is 0 Å². The van der Waals surface area contributed by atoms with E-state index in [1.807, 2.05) is 0 Å². The second-order valence-corrected chi connectivity index (χ2v) is 5.72. The monoisotopic (exact) mass is 270 g/mol. The van der Waals surface area contributed by atoms with E-state index in [1.165, 1.54) is 0 Å². The van der Waals surface area contributed by atoms with E-state index >= 15 is 0 Å². The first-order valence-electron chi connectivity index (χ1n) is 6.57. The predicted molar refractivity (Wildman–Crippen MR) is 69.6 cm³/mol. The first-order valence-corrected chi connectivity index (χ1v) is 6.57. The van der Waals surface area contributed by atoms with E-state index in [2.05, 4.69) is 10.6 Å². The van der Waals surface area contributed by atoms with Crippen molar-refractivity contribution in [3.63, 3.8) is 0 Å². The van der Waals surface area contributed by atoms with Gasteiger partial charge >= 0.3 is 6.09 Å². The molecule has 2 amide bonds. The number of Topliss-reactive ketones (excluding diaryl/α,β-unsaturated/α-hetero) is 1. The minimum atomic E-state index is -0.839. The van der Waals surface area contributed by atoms with Crippen molar-refractivity contribution in [3.05, 3.63) is 0 Å². The van der Waals surface area contributed by atoms with Crippen LogP contribution in [-0.4, -0.2) is 35.5 Å². The number of hydrogen-bond acceptors (Lipinski definition) is 4. The molecule has 0 aromatic heterocycles. The number of hydrogen-bond donors (Lipinski definition) is 2. The second kappa shape index (κ2) is 6.04. The highest BCUT2D eigenvalue weighted by molar-refractivity contribution is 6.38. The zero-order chi connectivity index (χ0) is 14.6. The van der Waals surface area contributed by atoms with Crippen molar-refractivity contribution in [1.82, 2.24) is 10.6 Å². The maximum absolute atomic E-state index is 11.9. The Morgan fingerprint density at radius 1 is 1.26 bits per heavy atom. The van der Waals surface area contributed by atoms with Gasteiger partial charge in [-0.2, -0.15) is 0 Å². The van der Waals surface area contributed by atoms with E-state index < -0.39 is 29.4 Å².